The van der Waals surface area contributed by atoms with E-state index in [0.29, 0.717) is 24.5 Å². The van der Waals surface area contributed by atoms with Crippen molar-refractivity contribution in [3.05, 3.63) is 47.2 Å². The van der Waals surface area contributed by atoms with Crippen molar-refractivity contribution in [2.24, 2.45) is 0 Å². The summed E-state index contributed by atoms with van der Waals surface area (Å²) in [4.78, 5) is 6.66. The van der Waals surface area contributed by atoms with Crippen LogP contribution < -0.4 is 4.90 Å². The molecule has 1 fully saturated rings. The number of halogens is 3. The largest absolute Gasteiger partial charge is 0.417 e. The van der Waals surface area contributed by atoms with Gasteiger partial charge in [0.15, 0.2) is 0 Å². The smallest absolute Gasteiger partial charge is 0.378 e. The average molecular weight is 336 g/mol. The van der Waals surface area contributed by atoms with E-state index in [2.05, 4.69) is 9.88 Å². The van der Waals surface area contributed by atoms with Crippen LogP contribution in [0.2, 0.25) is 0 Å². The maximum Gasteiger partial charge on any atom is 0.417 e. The number of rotatable bonds is 2. The number of aromatic nitrogens is 1. The van der Waals surface area contributed by atoms with Crippen LogP contribution in [0.4, 0.5) is 19.0 Å². The van der Waals surface area contributed by atoms with Gasteiger partial charge in [0.2, 0.25) is 0 Å². The van der Waals surface area contributed by atoms with E-state index >= 15 is 0 Å². The Bertz CT molecular complexity index is 714. The molecule has 0 unspecified atom stereocenters. The fourth-order valence-corrected chi connectivity index (χ4v) is 3.12. The summed E-state index contributed by atoms with van der Waals surface area (Å²) >= 11 is 0. The molecule has 0 aliphatic carbocycles. The van der Waals surface area contributed by atoms with E-state index in [4.69, 9.17) is 4.74 Å². The van der Waals surface area contributed by atoms with E-state index in [-0.39, 0.29) is 5.56 Å². The van der Waals surface area contributed by atoms with Crippen LogP contribution >= 0.6 is 0 Å². The molecule has 0 spiro atoms. The van der Waals surface area contributed by atoms with E-state index in [9.17, 15) is 13.2 Å². The van der Waals surface area contributed by atoms with Crippen LogP contribution in [0.1, 0.15) is 16.8 Å². The molecule has 1 saturated heterocycles. The van der Waals surface area contributed by atoms with Gasteiger partial charge in [0.1, 0.15) is 5.82 Å². The lowest BCUT2D eigenvalue weighted by molar-refractivity contribution is -0.137. The Morgan fingerprint density at radius 3 is 2.38 bits per heavy atom. The molecule has 0 bridgehead atoms. The van der Waals surface area contributed by atoms with E-state index in [1.165, 1.54) is 12.1 Å². The first-order valence-electron chi connectivity index (χ1n) is 7.85. The van der Waals surface area contributed by atoms with Gasteiger partial charge in [-0.15, -0.1) is 0 Å². The molecule has 1 aliphatic heterocycles. The summed E-state index contributed by atoms with van der Waals surface area (Å²) in [6, 6.07) is 7.52. The van der Waals surface area contributed by atoms with E-state index in [1.54, 1.807) is 13.0 Å². The van der Waals surface area contributed by atoms with Gasteiger partial charge in [-0.3, -0.25) is 0 Å². The van der Waals surface area contributed by atoms with E-state index < -0.39 is 11.7 Å². The van der Waals surface area contributed by atoms with Crippen molar-refractivity contribution in [1.82, 2.24) is 4.98 Å². The third-order valence-corrected chi connectivity index (χ3v) is 4.22. The second-order valence-electron chi connectivity index (χ2n) is 5.90. The highest BCUT2D eigenvalue weighted by Gasteiger charge is 2.34. The van der Waals surface area contributed by atoms with E-state index in [0.717, 1.165) is 30.5 Å². The number of anilines is 1. The first-order valence-corrected chi connectivity index (χ1v) is 7.85. The SMILES string of the molecule is Cc1cc(N2CCOCC2)nc(C)c1-c1ccccc1C(F)(F)F. The van der Waals surface area contributed by atoms with Crippen molar-refractivity contribution in [3.63, 3.8) is 0 Å². The van der Waals surface area contributed by atoms with Gasteiger partial charge in [0, 0.05) is 24.3 Å². The minimum absolute atomic E-state index is 0.182. The average Bonchev–Trinajstić information content (AvgIpc) is 2.54. The van der Waals surface area contributed by atoms with Crippen LogP contribution in [0, 0.1) is 13.8 Å². The summed E-state index contributed by atoms with van der Waals surface area (Å²) in [5.41, 5.74) is 1.51. The number of hydrogen-bond acceptors (Lipinski definition) is 3. The first kappa shape index (κ1) is 16.8. The molecule has 6 heteroatoms. The number of morpholine rings is 1. The number of pyridine rings is 1. The zero-order valence-corrected chi connectivity index (χ0v) is 13.7. The number of ether oxygens (including phenoxy) is 1. The Hall–Kier alpha value is -2.08. The molecule has 0 radical (unpaired) electrons. The molecule has 3 rings (SSSR count). The highest BCUT2D eigenvalue weighted by molar-refractivity contribution is 5.74. The Labute approximate surface area is 139 Å². The highest BCUT2D eigenvalue weighted by atomic mass is 19.4. The Kier molecular flexibility index (Phi) is 4.49. The summed E-state index contributed by atoms with van der Waals surface area (Å²) in [7, 11) is 0. The zero-order chi connectivity index (χ0) is 17.3. The van der Waals surface area contributed by atoms with Crippen LogP contribution in [-0.4, -0.2) is 31.3 Å². The second-order valence-corrected chi connectivity index (χ2v) is 5.90. The van der Waals surface area contributed by atoms with Gasteiger partial charge in [-0.1, -0.05) is 18.2 Å². The molecule has 2 heterocycles. The summed E-state index contributed by atoms with van der Waals surface area (Å²) in [5.74, 6) is 0.793. The number of alkyl halides is 3. The van der Waals surface area contributed by atoms with Gasteiger partial charge in [0.05, 0.1) is 18.8 Å². The summed E-state index contributed by atoms with van der Waals surface area (Å²) in [6.07, 6.45) is -4.39. The summed E-state index contributed by atoms with van der Waals surface area (Å²) in [5, 5.41) is 0. The fourth-order valence-electron chi connectivity index (χ4n) is 3.12. The third kappa shape index (κ3) is 3.24. The van der Waals surface area contributed by atoms with Gasteiger partial charge < -0.3 is 9.64 Å². The van der Waals surface area contributed by atoms with Gasteiger partial charge >= 0.3 is 6.18 Å². The van der Waals surface area contributed by atoms with Crippen LogP contribution in [0.3, 0.4) is 0 Å². The topological polar surface area (TPSA) is 25.4 Å². The maximum absolute atomic E-state index is 13.3. The third-order valence-electron chi connectivity index (χ3n) is 4.22. The van der Waals surface area contributed by atoms with Crippen molar-refractivity contribution in [2.45, 2.75) is 20.0 Å². The molecule has 0 atom stereocenters. The Morgan fingerprint density at radius 2 is 1.75 bits per heavy atom. The molecule has 128 valence electrons. The fraction of sp³-hybridized carbons (Fsp3) is 0.389. The van der Waals surface area contributed by atoms with Gasteiger partial charge in [-0.25, -0.2) is 4.98 Å². The quantitative estimate of drug-likeness (QED) is 0.821. The highest BCUT2D eigenvalue weighted by Crippen LogP contribution is 2.39. The molecule has 24 heavy (non-hydrogen) atoms. The van der Waals surface area contributed by atoms with Crippen LogP contribution in [0.5, 0.6) is 0 Å². The second kappa shape index (κ2) is 6.43. The number of benzene rings is 1. The molecule has 1 aromatic carbocycles. The standard InChI is InChI=1S/C18H19F3N2O/c1-12-11-16(23-7-9-24-10-8-23)22-13(2)17(12)14-5-3-4-6-15(14)18(19,20)21/h3-6,11H,7-10H2,1-2H3. The maximum atomic E-state index is 13.3. The van der Waals surface area contributed by atoms with Crippen LogP contribution in [0.25, 0.3) is 11.1 Å². The molecular weight excluding hydrogens is 317 g/mol. The number of aryl methyl sites for hydroxylation is 2. The van der Waals surface area contributed by atoms with Gasteiger partial charge in [-0.2, -0.15) is 13.2 Å². The van der Waals surface area contributed by atoms with Crippen LogP contribution in [0.15, 0.2) is 30.3 Å². The molecule has 0 N–H and O–H groups in total. The van der Waals surface area contributed by atoms with Crippen LogP contribution in [-0.2, 0) is 10.9 Å². The minimum Gasteiger partial charge on any atom is -0.378 e. The van der Waals surface area contributed by atoms with E-state index in [1.807, 2.05) is 13.0 Å². The predicted octanol–water partition coefficient (Wildman–Crippen LogP) is 4.22. The lowest BCUT2D eigenvalue weighted by Gasteiger charge is -2.29. The zero-order valence-electron chi connectivity index (χ0n) is 13.7. The van der Waals surface area contributed by atoms with Crippen molar-refractivity contribution in [1.29, 1.82) is 0 Å². The molecule has 1 aromatic heterocycles. The lowest BCUT2D eigenvalue weighted by Crippen LogP contribution is -2.36. The molecular formula is C18H19F3N2O. The lowest BCUT2D eigenvalue weighted by atomic mass is 9.94. The van der Waals surface area contributed by atoms with Gasteiger partial charge in [-0.05, 0) is 37.1 Å². The number of hydrogen-bond donors (Lipinski definition) is 0. The molecule has 2 aromatic rings. The molecule has 0 amide bonds. The van der Waals surface area contributed by atoms with Crippen molar-refractivity contribution in [3.8, 4) is 11.1 Å². The Balaban J connectivity index is 2.07. The molecule has 0 saturated carbocycles. The normalized spacial score (nSPS) is 15.6. The van der Waals surface area contributed by atoms with Crippen molar-refractivity contribution >= 4 is 5.82 Å². The molecule has 1 aliphatic rings. The Morgan fingerprint density at radius 1 is 1.08 bits per heavy atom. The first-order chi connectivity index (χ1) is 11.4. The van der Waals surface area contributed by atoms with Crippen molar-refractivity contribution in [2.75, 3.05) is 31.2 Å². The predicted molar refractivity (Wildman–Crippen MR) is 87.2 cm³/mol. The van der Waals surface area contributed by atoms with Gasteiger partial charge in [0.25, 0.3) is 0 Å². The minimum atomic E-state index is -4.39. The summed E-state index contributed by atoms with van der Waals surface area (Å²) in [6.45, 7) is 6.35. The number of nitrogens with zero attached hydrogens (tertiary/aromatic N) is 2. The molecule has 3 nitrogen and oxygen atoms in total. The summed E-state index contributed by atoms with van der Waals surface area (Å²) < 4.78 is 45.3. The monoisotopic (exact) mass is 336 g/mol. The van der Waals surface area contributed by atoms with Crippen molar-refractivity contribution < 1.29 is 17.9 Å².